The molecule has 2 aromatic heterocycles. The van der Waals surface area contributed by atoms with Gasteiger partial charge in [0.05, 0.1) is 28.4 Å². The van der Waals surface area contributed by atoms with Crippen LogP contribution in [0.1, 0.15) is 32.4 Å². The number of fused-ring (bicyclic) bond motifs is 1. The molecule has 9 nitrogen and oxygen atoms in total. The molecule has 0 saturated carbocycles. The third kappa shape index (κ3) is 4.77. The number of likely N-dealkylation sites (tertiary alicyclic amines) is 1. The molecule has 2 aliphatic heterocycles. The summed E-state index contributed by atoms with van der Waals surface area (Å²) in [6.45, 7) is 7.13. The minimum absolute atomic E-state index is 0.0803. The summed E-state index contributed by atoms with van der Waals surface area (Å²) in [6, 6.07) is 7.25. The lowest BCUT2D eigenvalue weighted by atomic mass is 9.94. The normalized spacial score (nSPS) is 17.2. The Hall–Kier alpha value is -3.54. The fourth-order valence-electron chi connectivity index (χ4n) is 4.34. The average molecular weight is 505 g/mol. The lowest BCUT2D eigenvalue weighted by Crippen LogP contribution is -2.51. The van der Waals surface area contributed by atoms with E-state index in [1.54, 1.807) is 21.8 Å². The molecule has 12 heteroatoms. The Morgan fingerprint density at radius 2 is 1.72 bits per heavy atom. The molecule has 0 bridgehead atoms. The van der Waals surface area contributed by atoms with Crippen molar-refractivity contribution in [2.24, 2.45) is 0 Å². The zero-order chi connectivity index (χ0) is 25.8. The van der Waals surface area contributed by atoms with E-state index in [1.807, 2.05) is 25.7 Å². The van der Waals surface area contributed by atoms with Gasteiger partial charge in [-0.3, -0.25) is 0 Å². The van der Waals surface area contributed by atoms with Crippen molar-refractivity contribution >= 4 is 22.8 Å². The summed E-state index contributed by atoms with van der Waals surface area (Å²) < 4.78 is 48.8. The number of rotatable bonds is 4. The van der Waals surface area contributed by atoms with E-state index in [4.69, 9.17) is 9.84 Å². The van der Waals surface area contributed by atoms with Crippen molar-refractivity contribution < 1.29 is 32.5 Å². The van der Waals surface area contributed by atoms with Gasteiger partial charge < -0.3 is 24.4 Å². The lowest BCUT2D eigenvalue weighted by Gasteiger charge is -2.40. The highest BCUT2D eigenvalue weighted by molar-refractivity contribution is 5.94. The topological polar surface area (TPSA) is 93.0 Å². The SMILES string of the molecule is CC(C)(C)OC(=O)N1CC(c2nn(-c3ccc(OC(F)(F)F)cc3)c3ccnc(N4CC(O)C4)c23)C1. The van der Waals surface area contributed by atoms with E-state index >= 15 is 0 Å². The highest BCUT2D eigenvalue weighted by Crippen LogP contribution is 2.39. The molecule has 0 spiro atoms. The number of anilines is 1. The smallest absolute Gasteiger partial charge is 0.444 e. The first kappa shape index (κ1) is 24.2. The van der Waals surface area contributed by atoms with Crippen LogP contribution in [0.3, 0.4) is 0 Å². The Kier molecular flexibility index (Phi) is 5.73. The van der Waals surface area contributed by atoms with Crippen molar-refractivity contribution in [1.82, 2.24) is 19.7 Å². The minimum atomic E-state index is -4.78. The maximum atomic E-state index is 12.6. The van der Waals surface area contributed by atoms with Crippen LogP contribution in [-0.4, -0.2) is 75.1 Å². The number of aliphatic hydroxyl groups is 1. The van der Waals surface area contributed by atoms with E-state index in [2.05, 4.69) is 9.72 Å². The van der Waals surface area contributed by atoms with Crippen LogP contribution in [0.15, 0.2) is 36.5 Å². The predicted molar refractivity (Wildman–Crippen MR) is 124 cm³/mol. The molecular formula is C24H26F3N5O4. The number of hydrogen-bond donors (Lipinski definition) is 1. The molecule has 3 aromatic rings. The molecule has 0 radical (unpaired) electrons. The van der Waals surface area contributed by atoms with Gasteiger partial charge in [0, 0.05) is 38.3 Å². The van der Waals surface area contributed by atoms with Crippen molar-refractivity contribution in [2.45, 2.75) is 44.8 Å². The molecule has 0 atom stereocenters. The first-order valence-electron chi connectivity index (χ1n) is 11.5. The summed E-state index contributed by atoms with van der Waals surface area (Å²) in [6.07, 6.45) is -3.97. The number of carbonyl (C=O) groups is 1. The summed E-state index contributed by atoms with van der Waals surface area (Å²) in [5.41, 5.74) is 1.39. The Bertz CT molecular complexity index is 1270. The molecule has 4 heterocycles. The molecule has 1 amide bonds. The maximum absolute atomic E-state index is 12.6. The zero-order valence-corrected chi connectivity index (χ0v) is 20.0. The molecule has 2 saturated heterocycles. The molecule has 0 aliphatic carbocycles. The number of aromatic nitrogens is 3. The second-order valence-electron chi connectivity index (χ2n) is 10.0. The lowest BCUT2D eigenvalue weighted by molar-refractivity contribution is -0.274. The molecule has 36 heavy (non-hydrogen) atoms. The molecular weight excluding hydrogens is 479 g/mol. The Labute approximate surface area is 205 Å². The van der Waals surface area contributed by atoms with Crippen molar-refractivity contribution in [1.29, 1.82) is 0 Å². The van der Waals surface area contributed by atoms with Gasteiger partial charge in [-0.05, 0) is 51.1 Å². The number of aliphatic hydroxyl groups excluding tert-OH is 1. The van der Waals surface area contributed by atoms with Gasteiger partial charge in [-0.25, -0.2) is 14.5 Å². The minimum Gasteiger partial charge on any atom is -0.444 e. The Morgan fingerprint density at radius 1 is 1.06 bits per heavy atom. The fourth-order valence-corrected chi connectivity index (χ4v) is 4.34. The number of amides is 1. The van der Waals surface area contributed by atoms with Crippen LogP contribution in [-0.2, 0) is 4.74 Å². The monoisotopic (exact) mass is 505 g/mol. The maximum Gasteiger partial charge on any atom is 0.573 e. The molecule has 1 aromatic carbocycles. The third-order valence-corrected chi connectivity index (χ3v) is 6.00. The van der Waals surface area contributed by atoms with Crippen molar-refractivity contribution in [2.75, 3.05) is 31.1 Å². The van der Waals surface area contributed by atoms with E-state index in [0.29, 0.717) is 37.7 Å². The van der Waals surface area contributed by atoms with Crippen LogP contribution in [0.4, 0.5) is 23.8 Å². The van der Waals surface area contributed by atoms with Gasteiger partial charge in [-0.1, -0.05) is 0 Å². The highest BCUT2D eigenvalue weighted by Gasteiger charge is 2.39. The van der Waals surface area contributed by atoms with Gasteiger partial charge in [0.1, 0.15) is 17.2 Å². The highest BCUT2D eigenvalue weighted by atomic mass is 19.4. The molecule has 1 N–H and O–H groups in total. The standard InChI is InChI=1S/C24H26F3N5O4/c1-23(2,3)36-22(34)31-10-14(11-31)20-19-18(8-9-28-21(19)30-12-16(33)13-30)32(29-20)15-4-6-17(7-5-15)35-24(25,26)27/h4-9,14,16,33H,10-13H2,1-3H3. The van der Waals surface area contributed by atoms with Gasteiger partial charge in [-0.2, -0.15) is 5.10 Å². The number of halogens is 3. The third-order valence-electron chi connectivity index (χ3n) is 6.00. The van der Waals surface area contributed by atoms with Gasteiger partial charge in [0.2, 0.25) is 0 Å². The number of pyridine rings is 1. The first-order valence-corrected chi connectivity index (χ1v) is 11.5. The largest absolute Gasteiger partial charge is 0.573 e. The number of hydrogen-bond acceptors (Lipinski definition) is 7. The number of carbonyl (C=O) groups excluding carboxylic acids is 1. The molecule has 2 aliphatic rings. The van der Waals surface area contributed by atoms with Crippen molar-refractivity contribution in [3.8, 4) is 11.4 Å². The molecule has 192 valence electrons. The van der Waals surface area contributed by atoms with Crippen LogP contribution in [0.5, 0.6) is 5.75 Å². The Morgan fingerprint density at radius 3 is 2.31 bits per heavy atom. The predicted octanol–water partition coefficient (Wildman–Crippen LogP) is 3.83. The van der Waals surface area contributed by atoms with Gasteiger partial charge in [0.25, 0.3) is 0 Å². The summed E-state index contributed by atoms with van der Waals surface area (Å²) in [5, 5.41) is 15.4. The van der Waals surface area contributed by atoms with E-state index in [0.717, 1.165) is 16.6 Å². The van der Waals surface area contributed by atoms with Gasteiger partial charge in [0.15, 0.2) is 0 Å². The quantitative estimate of drug-likeness (QED) is 0.576. The number of ether oxygens (including phenoxy) is 2. The first-order chi connectivity index (χ1) is 16.9. The number of β-amino-alcohol motifs (C(OH)–C–C–N with tert-alkyl or cyclic N) is 1. The van der Waals surface area contributed by atoms with Crippen molar-refractivity contribution in [3.05, 3.63) is 42.2 Å². The fraction of sp³-hybridized carbons (Fsp3) is 0.458. The zero-order valence-electron chi connectivity index (χ0n) is 20.0. The van der Waals surface area contributed by atoms with E-state index in [9.17, 15) is 23.1 Å². The number of nitrogens with zero attached hydrogens (tertiary/aromatic N) is 5. The van der Waals surface area contributed by atoms with Gasteiger partial charge >= 0.3 is 12.5 Å². The summed E-state index contributed by atoms with van der Waals surface area (Å²) in [5.74, 6) is 0.266. The molecule has 0 unspecified atom stereocenters. The Balaban J connectivity index is 1.49. The second kappa shape index (κ2) is 8.54. The van der Waals surface area contributed by atoms with E-state index in [1.165, 1.54) is 24.3 Å². The average Bonchev–Trinajstić information content (AvgIpc) is 3.08. The van der Waals surface area contributed by atoms with E-state index in [-0.39, 0.29) is 11.7 Å². The van der Waals surface area contributed by atoms with Crippen LogP contribution < -0.4 is 9.64 Å². The summed E-state index contributed by atoms with van der Waals surface area (Å²) in [4.78, 5) is 20.5. The molecule has 2 fully saturated rings. The van der Waals surface area contributed by atoms with Gasteiger partial charge in [-0.15, -0.1) is 13.2 Å². The van der Waals surface area contributed by atoms with Crippen LogP contribution in [0, 0.1) is 0 Å². The number of alkyl halides is 3. The van der Waals surface area contributed by atoms with Crippen molar-refractivity contribution in [3.63, 3.8) is 0 Å². The van der Waals surface area contributed by atoms with Crippen LogP contribution in [0.2, 0.25) is 0 Å². The summed E-state index contributed by atoms with van der Waals surface area (Å²) >= 11 is 0. The molecule has 5 rings (SSSR count). The van der Waals surface area contributed by atoms with Crippen LogP contribution in [0.25, 0.3) is 16.6 Å². The van der Waals surface area contributed by atoms with Crippen LogP contribution >= 0.6 is 0 Å². The summed E-state index contributed by atoms with van der Waals surface area (Å²) in [7, 11) is 0. The second-order valence-corrected chi connectivity index (χ2v) is 10.0. The van der Waals surface area contributed by atoms with E-state index < -0.39 is 24.2 Å². The number of benzene rings is 1.